The fourth-order valence-electron chi connectivity index (χ4n) is 1.88. The summed E-state index contributed by atoms with van der Waals surface area (Å²) >= 11 is 3.41. The molecule has 4 nitrogen and oxygen atoms in total. The topological polar surface area (TPSA) is 70.6 Å². The van der Waals surface area contributed by atoms with Crippen molar-refractivity contribution in [2.75, 3.05) is 5.32 Å². The molecule has 2 aromatic rings. The Morgan fingerprint density at radius 1 is 1.25 bits per heavy atom. The molecule has 104 valence electrons. The first kappa shape index (κ1) is 14.4. The van der Waals surface area contributed by atoms with Gasteiger partial charge in [-0.15, -0.1) is 0 Å². The van der Waals surface area contributed by atoms with Gasteiger partial charge in [0.25, 0.3) is 0 Å². The lowest BCUT2D eigenvalue weighted by molar-refractivity contribution is 0.318. The van der Waals surface area contributed by atoms with Gasteiger partial charge in [-0.3, -0.25) is 0 Å². The van der Waals surface area contributed by atoms with Crippen molar-refractivity contribution in [3.05, 3.63) is 63.6 Å². The van der Waals surface area contributed by atoms with Gasteiger partial charge in [0.1, 0.15) is 0 Å². The van der Waals surface area contributed by atoms with Crippen LogP contribution >= 0.6 is 15.9 Å². The van der Waals surface area contributed by atoms with Gasteiger partial charge in [0.05, 0.1) is 0 Å². The van der Waals surface area contributed by atoms with Crippen molar-refractivity contribution >= 4 is 27.5 Å². The molecule has 0 unspecified atom stereocenters. The van der Waals surface area contributed by atoms with Crippen molar-refractivity contribution in [2.24, 2.45) is 10.9 Å². The standard InChI is InChI=1S/C15H16BrN3O/c1-10-8-11(15(17)19-20)2-3-12(10)9-18-14-6-4-13(16)5-7-14/h2-8,18,20H,9H2,1H3,(H2,17,19). The SMILES string of the molecule is Cc1cc(/C(N)=N/O)ccc1CNc1ccc(Br)cc1. The molecule has 0 fully saturated rings. The average molecular weight is 334 g/mol. The number of nitrogens with zero attached hydrogens (tertiary/aromatic N) is 1. The summed E-state index contributed by atoms with van der Waals surface area (Å²) in [5, 5.41) is 15.0. The second-order valence-electron chi connectivity index (χ2n) is 4.49. The zero-order chi connectivity index (χ0) is 14.5. The zero-order valence-corrected chi connectivity index (χ0v) is 12.7. The number of hydrogen-bond acceptors (Lipinski definition) is 3. The third-order valence-electron chi connectivity index (χ3n) is 3.07. The quantitative estimate of drug-likeness (QED) is 0.347. The Kier molecular flexibility index (Phi) is 4.63. The van der Waals surface area contributed by atoms with Crippen LogP contribution in [-0.2, 0) is 6.54 Å². The molecule has 0 bridgehead atoms. The average Bonchev–Trinajstić information content (AvgIpc) is 2.46. The van der Waals surface area contributed by atoms with E-state index >= 15 is 0 Å². The van der Waals surface area contributed by atoms with Crippen molar-refractivity contribution in [3.63, 3.8) is 0 Å². The maximum Gasteiger partial charge on any atom is 0.170 e. The normalized spacial score (nSPS) is 11.4. The number of benzene rings is 2. The minimum absolute atomic E-state index is 0.125. The van der Waals surface area contributed by atoms with Gasteiger partial charge < -0.3 is 16.3 Å². The van der Waals surface area contributed by atoms with Crippen LogP contribution in [0.1, 0.15) is 16.7 Å². The minimum Gasteiger partial charge on any atom is -0.409 e. The summed E-state index contributed by atoms with van der Waals surface area (Å²) in [4.78, 5) is 0. The summed E-state index contributed by atoms with van der Waals surface area (Å²) in [6, 6.07) is 13.8. The van der Waals surface area contributed by atoms with Crippen molar-refractivity contribution < 1.29 is 5.21 Å². The van der Waals surface area contributed by atoms with E-state index in [-0.39, 0.29) is 5.84 Å². The highest BCUT2D eigenvalue weighted by atomic mass is 79.9. The van der Waals surface area contributed by atoms with E-state index in [0.29, 0.717) is 0 Å². The molecular formula is C15H16BrN3O. The van der Waals surface area contributed by atoms with Crippen molar-refractivity contribution in [1.82, 2.24) is 0 Å². The maximum atomic E-state index is 8.67. The predicted octanol–water partition coefficient (Wildman–Crippen LogP) is 3.46. The van der Waals surface area contributed by atoms with E-state index in [9.17, 15) is 0 Å². The Hall–Kier alpha value is -2.01. The summed E-state index contributed by atoms with van der Waals surface area (Å²) < 4.78 is 1.06. The number of halogens is 1. The Bertz CT molecular complexity index is 624. The molecule has 0 saturated carbocycles. The highest BCUT2D eigenvalue weighted by Gasteiger charge is 2.03. The van der Waals surface area contributed by atoms with E-state index in [1.807, 2.05) is 49.4 Å². The molecule has 0 aliphatic heterocycles. The fraction of sp³-hybridized carbons (Fsp3) is 0.133. The lowest BCUT2D eigenvalue weighted by Crippen LogP contribution is -2.13. The van der Waals surface area contributed by atoms with E-state index in [0.717, 1.165) is 27.8 Å². The first-order valence-electron chi connectivity index (χ1n) is 6.17. The second-order valence-corrected chi connectivity index (χ2v) is 5.40. The predicted molar refractivity (Wildman–Crippen MR) is 85.2 cm³/mol. The Balaban J connectivity index is 2.08. The number of anilines is 1. The first-order chi connectivity index (χ1) is 9.60. The molecule has 0 aromatic heterocycles. The molecule has 0 amide bonds. The molecule has 0 saturated heterocycles. The summed E-state index contributed by atoms with van der Waals surface area (Å²) in [5.41, 5.74) is 9.62. The zero-order valence-electron chi connectivity index (χ0n) is 11.1. The van der Waals surface area contributed by atoms with Crippen LogP contribution in [0.25, 0.3) is 0 Å². The van der Waals surface area contributed by atoms with Gasteiger partial charge >= 0.3 is 0 Å². The van der Waals surface area contributed by atoms with Crippen molar-refractivity contribution in [3.8, 4) is 0 Å². The fourth-order valence-corrected chi connectivity index (χ4v) is 2.14. The van der Waals surface area contributed by atoms with Gasteiger partial charge in [0.15, 0.2) is 5.84 Å². The van der Waals surface area contributed by atoms with Gasteiger partial charge in [0, 0.05) is 22.3 Å². The number of nitrogens with two attached hydrogens (primary N) is 1. The van der Waals surface area contributed by atoms with Crippen LogP contribution in [-0.4, -0.2) is 11.0 Å². The minimum atomic E-state index is 0.125. The summed E-state index contributed by atoms with van der Waals surface area (Å²) in [7, 11) is 0. The number of nitrogens with one attached hydrogen (secondary N) is 1. The van der Waals surface area contributed by atoms with E-state index < -0.39 is 0 Å². The summed E-state index contributed by atoms with van der Waals surface area (Å²) in [6.07, 6.45) is 0. The van der Waals surface area contributed by atoms with Crippen LogP contribution in [0.2, 0.25) is 0 Å². The van der Waals surface area contributed by atoms with Gasteiger partial charge in [-0.25, -0.2) is 0 Å². The maximum absolute atomic E-state index is 8.67. The van der Waals surface area contributed by atoms with E-state index in [2.05, 4.69) is 26.4 Å². The molecule has 0 atom stereocenters. The Labute approximate surface area is 126 Å². The monoisotopic (exact) mass is 333 g/mol. The van der Waals surface area contributed by atoms with Crippen LogP contribution < -0.4 is 11.1 Å². The Morgan fingerprint density at radius 2 is 1.95 bits per heavy atom. The number of hydrogen-bond donors (Lipinski definition) is 3. The summed E-state index contributed by atoms with van der Waals surface area (Å²) in [6.45, 7) is 2.73. The lowest BCUT2D eigenvalue weighted by atomic mass is 10.0. The van der Waals surface area contributed by atoms with Gasteiger partial charge in [-0.05, 0) is 48.4 Å². The molecule has 4 N–H and O–H groups in total. The van der Waals surface area contributed by atoms with Crippen LogP contribution in [0.3, 0.4) is 0 Å². The van der Waals surface area contributed by atoms with E-state index in [1.54, 1.807) is 0 Å². The summed E-state index contributed by atoms with van der Waals surface area (Å²) in [5.74, 6) is 0.125. The smallest absolute Gasteiger partial charge is 0.170 e. The first-order valence-corrected chi connectivity index (χ1v) is 6.96. The molecule has 5 heteroatoms. The van der Waals surface area contributed by atoms with Gasteiger partial charge in [-0.1, -0.05) is 33.2 Å². The molecule has 20 heavy (non-hydrogen) atoms. The molecule has 2 rings (SSSR count). The second kappa shape index (κ2) is 6.43. The molecule has 0 aliphatic rings. The van der Waals surface area contributed by atoms with Crippen LogP contribution in [0.4, 0.5) is 5.69 Å². The number of rotatable bonds is 4. The highest BCUT2D eigenvalue weighted by molar-refractivity contribution is 9.10. The largest absolute Gasteiger partial charge is 0.409 e. The van der Waals surface area contributed by atoms with Gasteiger partial charge in [0.2, 0.25) is 0 Å². The molecule has 0 spiro atoms. The van der Waals surface area contributed by atoms with Crippen LogP contribution in [0, 0.1) is 6.92 Å². The third-order valence-corrected chi connectivity index (χ3v) is 3.60. The molecule has 0 aliphatic carbocycles. The van der Waals surface area contributed by atoms with Crippen LogP contribution in [0.5, 0.6) is 0 Å². The van der Waals surface area contributed by atoms with E-state index in [4.69, 9.17) is 10.9 Å². The van der Waals surface area contributed by atoms with Crippen LogP contribution in [0.15, 0.2) is 52.1 Å². The van der Waals surface area contributed by atoms with Gasteiger partial charge in [-0.2, -0.15) is 0 Å². The molecule has 0 radical (unpaired) electrons. The molecule has 2 aromatic carbocycles. The van der Waals surface area contributed by atoms with Crippen molar-refractivity contribution in [1.29, 1.82) is 0 Å². The number of amidine groups is 1. The molecule has 0 heterocycles. The highest BCUT2D eigenvalue weighted by Crippen LogP contribution is 2.17. The number of aryl methyl sites for hydroxylation is 1. The third kappa shape index (κ3) is 3.51. The number of oxime groups is 1. The molecular weight excluding hydrogens is 318 g/mol. The lowest BCUT2D eigenvalue weighted by Gasteiger charge is -2.10. The van der Waals surface area contributed by atoms with Crippen molar-refractivity contribution in [2.45, 2.75) is 13.5 Å². The van der Waals surface area contributed by atoms with E-state index in [1.165, 1.54) is 5.56 Å². The Morgan fingerprint density at radius 3 is 2.55 bits per heavy atom.